The molecule has 0 saturated carbocycles. The van der Waals surface area contributed by atoms with E-state index < -0.39 is 46.5 Å². The lowest BCUT2D eigenvalue weighted by molar-refractivity contribution is 0.0636. The number of carbonyl (C=O) groups excluding carboxylic acids is 2. The SMILES string of the molecule is CC(C)(C)OC(=O)Nc1ccccc1NC(C(=O)c1c(F)cc(F)cc1F)c1ccccc1. The number of ether oxygens (including phenoxy) is 1. The number of para-hydroxylation sites is 2. The zero-order chi connectivity index (χ0) is 24.2. The molecular formula is C25H23F3N2O3. The fourth-order valence-electron chi connectivity index (χ4n) is 3.15. The van der Waals surface area contributed by atoms with Crippen molar-refractivity contribution >= 4 is 23.3 Å². The summed E-state index contributed by atoms with van der Waals surface area (Å²) in [5.74, 6) is -4.68. The molecule has 0 aliphatic heterocycles. The second-order valence-corrected chi connectivity index (χ2v) is 8.27. The van der Waals surface area contributed by atoms with Crippen LogP contribution >= 0.6 is 0 Å². The van der Waals surface area contributed by atoms with E-state index in [0.29, 0.717) is 29.1 Å². The summed E-state index contributed by atoms with van der Waals surface area (Å²) in [6.07, 6.45) is -0.713. The van der Waals surface area contributed by atoms with Gasteiger partial charge >= 0.3 is 6.09 Å². The number of hydrogen-bond donors (Lipinski definition) is 2. The lowest BCUT2D eigenvalue weighted by Gasteiger charge is -2.23. The van der Waals surface area contributed by atoms with Crippen molar-refractivity contribution in [2.45, 2.75) is 32.4 Å². The molecule has 3 rings (SSSR count). The second-order valence-electron chi connectivity index (χ2n) is 8.27. The monoisotopic (exact) mass is 456 g/mol. The molecule has 0 heterocycles. The van der Waals surface area contributed by atoms with Crippen molar-refractivity contribution in [3.8, 4) is 0 Å². The maximum atomic E-state index is 14.4. The zero-order valence-electron chi connectivity index (χ0n) is 18.3. The van der Waals surface area contributed by atoms with Crippen LogP contribution in [-0.2, 0) is 4.74 Å². The summed E-state index contributed by atoms with van der Waals surface area (Å²) in [7, 11) is 0. The van der Waals surface area contributed by atoms with Gasteiger partial charge < -0.3 is 10.1 Å². The minimum atomic E-state index is -1.31. The van der Waals surface area contributed by atoms with Gasteiger partial charge in [0.2, 0.25) is 0 Å². The number of hydrogen-bond acceptors (Lipinski definition) is 4. The number of halogens is 3. The van der Waals surface area contributed by atoms with Crippen LogP contribution in [0.5, 0.6) is 0 Å². The number of amides is 1. The molecule has 33 heavy (non-hydrogen) atoms. The molecule has 3 aromatic carbocycles. The number of anilines is 2. The maximum Gasteiger partial charge on any atom is 0.412 e. The van der Waals surface area contributed by atoms with Gasteiger partial charge in [-0.2, -0.15) is 0 Å². The fourth-order valence-corrected chi connectivity index (χ4v) is 3.15. The number of Topliss-reactive ketones (excluding diaryl/α,β-unsaturated/α-hetero) is 1. The highest BCUT2D eigenvalue weighted by Crippen LogP contribution is 2.30. The summed E-state index contributed by atoms with van der Waals surface area (Å²) in [4.78, 5) is 25.5. The summed E-state index contributed by atoms with van der Waals surface area (Å²) in [6.45, 7) is 5.14. The van der Waals surface area contributed by atoms with Crippen LogP contribution in [0.2, 0.25) is 0 Å². The largest absolute Gasteiger partial charge is 0.444 e. The molecule has 1 atom stereocenters. The predicted molar refractivity (Wildman–Crippen MR) is 120 cm³/mol. The van der Waals surface area contributed by atoms with Gasteiger partial charge in [0.05, 0.1) is 16.9 Å². The molecule has 8 heteroatoms. The Kier molecular flexibility index (Phi) is 7.06. The number of rotatable bonds is 6. The van der Waals surface area contributed by atoms with E-state index in [0.717, 1.165) is 0 Å². The molecule has 1 unspecified atom stereocenters. The third kappa shape index (κ3) is 6.12. The zero-order valence-corrected chi connectivity index (χ0v) is 18.3. The van der Waals surface area contributed by atoms with Crippen LogP contribution in [0.1, 0.15) is 42.7 Å². The average molecular weight is 456 g/mol. The Morgan fingerprint density at radius 3 is 1.97 bits per heavy atom. The molecule has 0 bridgehead atoms. The predicted octanol–water partition coefficient (Wildman–Crippen LogP) is 6.49. The first-order valence-corrected chi connectivity index (χ1v) is 10.1. The van der Waals surface area contributed by atoms with Crippen LogP contribution in [0.15, 0.2) is 66.7 Å². The Bertz CT molecular complexity index is 1140. The van der Waals surface area contributed by atoms with Gasteiger partial charge in [-0.05, 0) is 38.5 Å². The van der Waals surface area contributed by atoms with Gasteiger partial charge in [0, 0.05) is 12.1 Å². The Balaban J connectivity index is 1.99. The van der Waals surface area contributed by atoms with Gasteiger partial charge in [-0.15, -0.1) is 0 Å². The van der Waals surface area contributed by atoms with Gasteiger partial charge in [0.1, 0.15) is 29.1 Å². The van der Waals surface area contributed by atoms with Crippen molar-refractivity contribution in [3.63, 3.8) is 0 Å². The van der Waals surface area contributed by atoms with Crippen molar-refractivity contribution in [2.75, 3.05) is 10.6 Å². The van der Waals surface area contributed by atoms with E-state index >= 15 is 0 Å². The Morgan fingerprint density at radius 1 is 0.848 bits per heavy atom. The highest BCUT2D eigenvalue weighted by molar-refractivity contribution is 6.03. The maximum absolute atomic E-state index is 14.4. The van der Waals surface area contributed by atoms with Crippen molar-refractivity contribution in [1.82, 2.24) is 0 Å². The smallest absolute Gasteiger partial charge is 0.412 e. The molecular weight excluding hydrogens is 433 g/mol. The number of nitrogens with one attached hydrogen (secondary N) is 2. The number of benzene rings is 3. The third-order valence-electron chi connectivity index (χ3n) is 4.51. The number of carbonyl (C=O) groups is 2. The van der Waals surface area contributed by atoms with Gasteiger partial charge in [-0.1, -0.05) is 42.5 Å². The summed E-state index contributed by atoms with van der Waals surface area (Å²) < 4.78 is 47.4. The van der Waals surface area contributed by atoms with Crippen molar-refractivity contribution in [1.29, 1.82) is 0 Å². The Hall–Kier alpha value is -3.81. The lowest BCUT2D eigenvalue weighted by Crippen LogP contribution is -2.28. The quantitative estimate of drug-likeness (QED) is 0.416. The minimum Gasteiger partial charge on any atom is -0.444 e. The molecule has 0 aliphatic carbocycles. The third-order valence-corrected chi connectivity index (χ3v) is 4.51. The topological polar surface area (TPSA) is 67.4 Å². The highest BCUT2D eigenvalue weighted by atomic mass is 19.1. The molecule has 0 fully saturated rings. The first kappa shape index (κ1) is 23.8. The van der Waals surface area contributed by atoms with Gasteiger partial charge in [0.25, 0.3) is 0 Å². The van der Waals surface area contributed by atoms with Crippen LogP contribution in [0, 0.1) is 17.5 Å². The van der Waals surface area contributed by atoms with E-state index in [1.54, 1.807) is 75.4 Å². The van der Waals surface area contributed by atoms with Crippen molar-refractivity contribution in [3.05, 3.63) is 95.3 Å². The molecule has 3 aromatic rings. The molecule has 172 valence electrons. The van der Waals surface area contributed by atoms with Gasteiger partial charge in [-0.3, -0.25) is 10.1 Å². The summed E-state index contributed by atoms with van der Waals surface area (Å²) in [5, 5.41) is 5.55. The Morgan fingerprint density at radius 2 is 1.39 bits per heavy atom. The summed E-state index contributed by atoms with van der Waals surface area (Å²) in [6, 6.07) is 14.4. The molecule has 5 nitrogen and oxygen atoms in total. The van der Waals surface area contributed by atoms with E-state index in [-0.39, 0.29) is 0 Å². The highest BCUT2D eigenvalue weighted by Gasteiger charge is 2.29. The van der Waals surface area contributed by atoms with E-state index in [2.05, 4.69) is 10.6 Å². The van der Waals surface area contributed by atoms with E-state index in [4.69, 9.17) is 4.74 Å². The summed E-state index contributed by atoms with van der Waals surface area (Å²) in [5.41, 5.74) is -0.575. The summed E-state index contributed by atoms with van der Waals surface area (Å²) >= 11 is 0. The molecule has 0 aliphatic rings. The van der Waals surface area contributed by atoms with Crippen LogP contribution in [0.25, 0.3) is 0 Å². The van der Waals surface area contributed by atoms with E-state index in [9.17, 15) is 22.8 Å². The van der Waals surface area contributed by atoms with Crippen LogP contribution < -0.4 is 10.6 Å². The van der Waals surface area contributed by atoms with Gasteiger partial charge in [0.15, 0.2) is 5.78 Å². The first-order chi connectivity index (χ1) is 15.5. The molecule has 0 radical (unpaired) electrons. The molecule has 2 N–H and O–H groups in total. The second kappa shape index (κ2) is 9.77. The molecule has 0 spiro atoms. The van der Waals surface area contributed by atoms with E-state index in [1.807, 2.05) is 0 Å². The van der Waals surface area contributed by atoms with Gasteiger partial charge in [-0.25, -0.2) is 18.0 Å². The molecule has 0 aromatic heterocycles. The standard InChI is InChI=1S/C25H23F3N2O3/c1-25(2,3)33-24(32)30-20-12-8-7-11-19(20)29-22(15-9-5-4-6-10-15)23(31)21-17(27)13-16(26)14-18(21)28/h4-14,22,29H,1-3H3,(H,30,32). The van der Waals surface area contributed by atoms with Crippen molar-refractivity contribution < 1.29 is 27.5 Å². The first-order valence-electron chi connectivity index (χ1n) is 10.1. The normalized spacial score (nSPS) is 12.1. The molecule has 1 amide bonds. The van der Waals surface area contributed by atoms with Crippen LogP contribution in [0.3, 0.4) is 0 Å². The van der Waals surface area contributed by atoms with Crippen LogP contribution in [-0.4, -0.2) is 17.5 Å². The lowest BCUT2D eigenvalue weighted by atomic mass is 9.96. The minimum absolute atomic E-state index is 0.292. The van der Waals surface area contributed by atoms with Crippen LogP contribution in [0.4, 0.5) is 29.3 Å². The average Bonchev–Trinajstić information content (AvgIpc) is 2.71. The fraction of sp³-hybridized carbons (Fsp3) is 0.200. The van der Waals surface area contributed by atoms with Crippen molar-refractivity contribution in [2.24, 2.45) is 0 Å². The molecule has 0 saturated heterocycles. The number of ketones is 1. The Labute approximate surface area is 189 Å². The van der Waals surface area contributed by atoms with E-state index in [1.165, 1.54) is 0 Å².